The van der Waals surface area contributed by atoms with Crippen LogP contribution in [0.15, 0.2) is 11.5 Å². The quantitative estimate of drug-likeness (QED) is 0.570. The number of rotatable bonds is 3. The zero-order chi connectivity index (χ0) is 9.10. The molecule has 1 aliphatic rings. The summed E-state index contributed by atoms with van der Waals surface area (Å²) in [5.41, 5.74) is 0. The minimum absolute atomic E-state index is 0.0441. The molecule has 2 rings (SSSR count). The lowest BCUT2D eigenvalue weighted by atomic mass is 10.3. The van der Waals surface area contributed by atoms with Gasteiger partial charge in [-0.05, 0) is 6.42 Å². The van der Waals surface area contributed by atoms with Gasteiger partial charge in [-0.2, -0.15) is 5.10 Å². The van der Waals surface area contributed by atoms with Crippen LogP contribution >= 0.6 is 11.8 Å². The van der Waals surface area contributed by atoms with Crippen molar-refractivity contribution in [3.05, 3.63) is 6.33 Å². The van der Waals surface area contributed by atoms with Gasteiger partial charge in [-0.1, -0.05) is 11.8 Å². The molecule has 13 heavy (non-hydrogen) atoms. The van der Waals surface area contributed by atoms with Gasteiger partial charge in [-0.15, -0.1) is 0 Å². The summed E-state index contributed by atoms with van der Waals surface area (Å²) in [6.07, 6.45) is 2.87. The Bertz CT molecular complexity index is 288. The van der Waals surface area contributed by atoms with E-state index < -0.39 is 0 Å². The average molecular weight is 199 g/mol. The van der Waals surface area contributed by atoms with E-state index in [-0.39, 0.29) is 12.1 Å². The van der Waals surface area contributed by atoms with Crippen molar-refractivity contribution in [3.8, 4) is 0 Å². The first-order valence-corrected chi connectivity index (χ1v) is 5.01. The lowest BCUT2D eigenvalue weighted by Crippen LogP contribution is -2.09. The molecule has 1 unspecified atom stereocenters. The van der Waals surface area contributed by atoms with E-state index in [1.165, 1.54) is 18.1 Å². The fraction of sp³-hybridized carbons (Fsp3) is 0.571. The fourth-order valence-electron chi connectivity index (χ4n) is 1.14. The van der Waals surface area contributed by atoms with Crippen molar-refractivity contribution in [2.75, 3.05) is 5.75 Å². The lowest BCUT2D eigenvalue weighted by Gasteiger charge is -2.05. The molecule has 0 bridgehead atoms. The van der Waals surface area contributed by atoms with Gasteiger partial charge in [0.1, 0.15) is 12.4 Å². The van der Waals surface area contributed by atoms with Crippen molar-refractivity contribution in [1.82, 2.24) is 15.2 Å². The standard InChI is InChI=1S/C7H9N3O2S/c11-6-2-1-5(12-6)3-13-7-8-4-9-10-7/h4-5H,1-3H2,(H,8,9,10). The van der Waals surface area contributed by atoms with Crippen molar-refractivity contribution in [1.29, 1.82) is 0 Å². The predicted octanol–water partition coefficient (Wildman–Crippen LogP) is 0.602. The molecule has 0 saturated carbocycles. The molecule has 70 valence electrons. The van der Waals surface area contributed by atoms with E-state index in [1.807, 2.05) is 0 Å². The topological polar surface area (TPSA) is 67.9 Å². The van der Waals surface area contributed by atoms with Crippen LogP contribution in [0, 0.1) is 0 Å². The molecular weight excluding hydrogens is 190 g/mol. The molecule has 1 aromatic heterocycles. The number of hydrogen-bond acceptors (Lipinski definition) is 5. The second-order valence-electron chi connectivity index (χ2n) is 2.75. The van der Waals surface area contributed by atoms with Crippen LogP contribution in [-0.4, -0.2) is 33.0 Å². The van der Waals surface area contributed by atoms with Gasteiger partial charge >= 0.3 is 5.97 Å². The number of cyclic esters (lactones) is 1. The van der Waals surface area contributed by atoms with E-state index >= 15 is 0 Å². The highest BCUT2D eigenvalue weighted by atomic mass is 32.2. The first kappa shape index (κ1) is 8.55. The van der Waals surface area contributed by atoms with Gasteiger partial charge in [0.25, 0.3) is 0 Å². The highest BCUT2D eigenvalue weighted by Gasteiger charge is 2.23. The summed E-state index contributed by atoms with van der Waals surface area (Å²) < 4.78 is 5.04. The van der Waals surface area contributed by atoms with Gasteiger partial charge < -0.3 is 4.74 Å². The Morgan fingerprint density at radius 2 is 2.69 bits per heavy atom. The molecule has 0 amide bonds. The van der Waals surface area contributed by atoms with E-state index in [4.69, 9.17) is 4.74 Å². The Balaban J connectivity index is 1.77. The Hall–Kier alpha value is -1.04. The molecule has 1 saturated heterocycles. The third-order valence-corrected chi connectivity index (χ3v) is 2.78. The molecular formula is C7H9N3O2S. The number of aromatic nitrogens is 3. The Morgan fingerprint density at radius 1 is 1.77 bits per heavy atom. The van der Waals surface area contributed by atoms with Crippen LogP contribution in [0.3, 0.4) is 0 Å². The number of aromatic amines is 1. The van der Waals surface area contributed by atoms with E-state index in [0.29, 0.717) is 6.42 Å². The zero-order valence-corrected chi connectivity index (χ0v) is 7.71. The second kappa shape index (κ2) is 3.78. The Kier molecular flexibility index (Phi) is 2.49. The highest BCUT2D eigenvalue weighted by Crippen LogP contribution is 2.21. The molecule has 1 atom stereocenters. The van der Waals surface area contributed by atoms with Gasteiger partial charge in [-0.3, -0.25) is 9.89 Å². The molecule has 5 nitrogen and oxygen atoms in total. The third-order valence-electron chi connectivity index (χ3n) is 1.77. The van der Waals surface area contributed by atoms with Crippen molar-refractivity contribution in [2.45, 2.75) is 24.1 Å². The molecule has 1 aromatic rings. The maximum absolute atomic E-state index is 10.7. The zero-order valence-electron chi connectivity index (χ0n) is 6.90. The van der Waals surface area contributed by atoms with Gasteiger partial charge in [0.05, 0.1) is 0 Å². The summed E-state index contributed by atoms with van der Waals surface area (Å²) in [5, 5.41) is 7.22. The number of hydrogen-bond donors (Lipinski definition) is 1. The van der Waals surface area contributed by atoms with Crippen LogP contribution in [-0.2, 0) is 9.53 Å². The second-order valence-corrected chi connectivity index (χ2v) is 3.76. The third kappa shape index (κ3) is 2.21. The normalized spacial score (nSPS) is 21.8. The first-order chi connectivity index (χ1) is 6.34. The van der Waals surface area contributed by atoms with E-state index in [0.717, 1.165) is 17.3 Å². The molecule has 0 aromatic carbocycles. The van der Waals surface area contributed by atoms with E-state index in [1.54, 1.807) is 0 Å². The maximum atomic E-state index is 10.7. The van der Waals surface area contributed by atoms with Crippen LogP contribution in [0.25, 0.3) is 0 Å². The Morgan fingerprint density at radius 3 is 3.31 bits per heavy atom. The molecule has 1 fully saturated rings. The largest absolute Gasteiger partial charge is 0.461 e. The number of carbonyl (C=O) groups is 1. The summed E-state index contributed by atoms with van der Waals surface area (Å²) in [7, 11) is 0. The number of nitrogens with one attached hydrogen (secondary N) is 1. The van der Waals surface area contributed by atoms with Crippen molar-refractivity contribution in [2.24, 2.45) is 0 Å². The summed E-state index contributed by atoms with van der Waals surface area (Å²) in [6.45, 7) is 0. The molecule has 2 heterocycles. The van der Waals surface area contributed by atoms with Gasteiger partial charge in [0.2, 0.25) is 0 Å². The predicted molar refractivity (Wildman–Crippen MR) is 46.2 cm³/mol. The highest BCUT2D eigenvalue weighted by molar-refractivity contribution is 7.99. The maximum Gasteiger partial charge on any atom is 0.306 e. The molecule has 0 radical (unpaired) electrons. The van der Waals surface area contributed by atoms with E-state index in [9.17, 15) is 4.79 Å². The molecule has 1 N–H and O–H groups in total. The Labute approximate surface area is 79.3 Å². The average Bonchev–Trinajstić information content (AvgIpc) is 2.71. The minimum Gasteiger partial charge on any atom is -0.461 e. The molecule has 1 aliphatic heterocycles. The molecule has 6 heteroatoms. The smallest absolute Gasteiger partial charge is 0.306 e. The summed E-state index contributed by atoms with van der Waals surface area (Å²) in [4.78, 5) is 14.7. The number of nitrogens with zero attached hydrogens (tertiary/aromatic N) is 2. The van der Waals surface area contributed by atoms with Gasteiger partial charge in [0.15, 0.2) is 5.16 Å². The number of carbonyl (C=O) groups excluding carboxylic acids is 1. The number of thioether (sulfide) groups is 1. The summed E-state index contributed by atoms with van der Waals surface area (Å²) in [5.74, 6) is 0.657. The number of ether oxygens (including phenoxy) is 1. The van der Waals surface area contributed by atoms with Crippen LogP contribution < -0.4 is 0 Å². The summed E-state index contributed by atoms with van der Waals surface area (Å²) >= 11 is 1.52. The van der Waals surface area contributed by atoms with Crippen LogP contribution in [0.1, 0.15) is 12.8 Å². The SMILES string of the molecule is O=C1CCC(CSc2ncn[nH]2)O1. The van der Waals surface area contributed by atoms with Gasteiger partial charge in [-0.25, -0.2) is 4.98 Å². The van der Waals surface area contributed by atoms with Crippen LogP contribution in [0.2, 0.25) is 0 Å². The van der Waals surface area contributed by atoms with Crippen molar-refractivity contribution < 1.29 is 9.53 Å². The molecule has 0 spiro atoms. The fourth-order valence-corrected chi connectivity index (χ4v) is 1.95. The van der Waals surface area contributed by atoms with Crippen molar-refractivity contribution >= 4 is 17.7 Å². The lowest BCUT2D eigenvalue weighted by molar-refractivity contribution is -0.140. The van der Waals surface area contributed by atoms with Crippen LogP contribution in [0.4, 0.5) is 0 Å². The van der Waals surface area contributed by atoms with Gasteiger partial charge in [0, 0.05) is 12.2 Å². The number of esters is 1. The van der Waals surface area contributed by atoms with Crippen molar-refractivity contribution in [3.63, 3.8) is 0 Å². The minimum atomic E-state index is -0.0943. The monoisotopic (exact) mass is 199 g/mol. The summed E-state index contributed by atoms with van der Waals surface area (Å²) in [6, 6.07) is 0. The number of H-pyrrole nitrogens is 1. The molecule has 0 aliphatic carbocycles. The van der Waals surface area contributed by atoms with E-state index in [2.05, 4.69) is 15.2 Å². The first-order valence-electron chi connectivity index (χ1n) is 4.02. The van der Waals surface area contributed by atoms with Crippen LogP contribution in [0.5, 0.6) is 0 Å².